The number of fused-ring (bicyclic) bond motifs is 1. The van der Waals surface area contributed by atoms with Gasteiger partial charge < -0.3 is 15.0 Å². The number of amides is 1. The first-order chi connectivity index (χ1) is 13.4. The highest BCUT2D eigenvalue weighted by molar-refractivity contribution is 5.92. The van der Waals surface area contributed by atoms with Crippen LogP contribution in [0.25, 0.3) is 17.0 Å². The van der Waals surface area contributed by atoms with Gasteiger partial charge in [0.15, 0.2) is 11.6 Å². The minimum absolute atomic E-state index is 0.155. The topological polar surface area (TPSA) is 54.1 Å². The molecule has 0 aliphatic heterocycles. The first kappa shape index (κ1) is 19.6. The van der Waals surface area contributed by atoms with E-state index < -0.39 is 5.82 Å². The van der Waals surface area contributed by atoms with Crippen LogP contribution in [0.4, 0.5) is 8.78 Å². The Morgan fingerprint density at radius 1 is 1.18 bits per heavy atom. The van der Waals surface area contributed by atoms with Crippen LogP contribution in [0.1, 0.15) is 22.4 Å². The molecule has 0 unspecified atom stereocenters. The van der Waals surface area contributed by atoms with E-state index in [2.05, 4.69) is 10.3 Å². The van der Waals surface area contributed by atoms with Gasteiger partial charge in [-0.15, -0.1) is 0 Å². The van der Waals surface area contributed by atoms with Crippen LogP contribution in [-0.2, 0) is 11.2 Å². The molecule has 0 spiro atoms. The number of carbonyl (C=O) groups excluding carboxylic acids is 1. The second kappa shape index (κ2) is 8.25. The minimum atomic E-state index is -0.484. The molecule has 146 valence electrons. The Kier molecular flexibility index (Phi) is 5.78. The maximum absolute atomic E-state index is 14.0. The smallest absolute Gasteiger partial charge is 0.244 e. The molecular formula is C22H22F2N2O2. The molecule has 0 aliphatic carbocycles. The molecule has 6 heteroatoms. The number of aryl methyl sites for hydroxylation is 2. The van der Waals surface area contributed by atoms with Crippen LogP contribution in [0.2, 0.25) is 0 Å². The van der Waals surface area contributed by atoms with Crippen molar-refractivity contribution in [1.29, 1.82) is 0 Å². The van der Waals surface area contributed by atoms with Crippen LogP contribution in [0, 0.1) is 25.5 Å². The third kappa shape index (κ3) is 4.06. The summed E-state index contributed by atoms with van der Waals surface area (Å²) in [5, 5.41) is 3.67. The molecule has 4 nitrogen and oxygen atoms in total. The number of benzene rings is 2. The third-order valence-electron chi connectivity index (χ3n) is 4.71. The minimum Gasteiger partial charge on any atom is -0.494 e. The molecule has 2 N–H and O–H groups in total. The summed E-state index contributed by atoms with van der Waals surface area (Å²) in [7, 11) is 1.40. The zero-order valence-electron chi connectivity index (χ0n) is 16.0. The van der Waals surface area contributed by atoms with Gasteiger partial charge in [-0.3, -0.25) is 4.79 Å². The molecule has 1 amide bonds. The standard InChI is InChI=1S/C22H22F2N2O2/c1-13-4-7-17(23)22-21(13)16(14(2)26-22)10-11-25-20(27)9-6-15-5-8-19(28-3)18(24)12-15/h4-9,12,26H,10-11H2,1-3H3,(H,25,27)/b9-6+. The summed E-state index contributed by atoms with van der Waals surface area (Å²) in [4.78, 5) is 15.1. The van der Waals surface area contributed by atoms with E-state index in [1.807, 2.05) is 13.8 Å². The highest BCUT2D eigenvalue weighted by atomic mass is 19.1. The lowest BCUT2D eigenvalue weighted by Gasteiger charge is -2.05. The van der Waals surface area contributed by atoms with Crippen LogP contribution in [-0.4, -0.2) is 24.5 Å². The Balaban J connectivity index is 1.63. The number of halogens is 2. The zero-order valence-corrected chi connectivity index (χ0v) is 16.0. The Labute approximate surface area is 162 Å². The van der Waals surface area contributed by atoms with Gasteiger partial charge in [-0.05, 0) is 61.2 Å². The zero-order chi connectivity index (χ0) is 20.3. The van der Waals surface area contributed by atoms with Gasteiger partial charge in [0.05, 0.1) is 12.6 Å². The normalized spacial score (nSPS) is 11.3. The molecule has 1 aromatic heterocycles. The van der Waals surface area contributed by atoms with Crippen LogP contribution in [0.5, 0.6) is 5.75 Å². The molecule has 0 aliphatic rings. The number of carbonyl (C=O) groups is 1. The molecule has 0 fully saturated rings. The van der Waals surface area contributed by atoms with Crippen LogP contribution < -0.4 is 10.1 Å². The number of aromatic amines is 1. The summed E-state index contributed by atoms with van der Waals surface area (Å²) in [6.45, 7) is 4.24. The highest BCUT2D eigenvalue weighted by Crippen LogP contribution is 2.27. The summed E-state index contributed by atoms with van der Waals surface area (Å²) in [6, 6.07) is 7.68. The average Bonchev–Trinajstić information content (AvgIpc) is 3.01. The molecule has 3 rings (SSSR count). The van der Waals surface area contributed by atoms with Crippen molar-refractivity contribution < 1.29 is 18.3 Å². The van der Waals surface area contributed by atoms with Crippen LogP contribution in [0.15, 0.2) is 36.4 Å². The lowest BCUT2D eigenvalue weighted by atomic mass is 10.0. The van der Waals surface area contributed by atoms with Crippen molar-refractivity contribution in [3.63, 3.8) is 0 Å². The average molecular weight is 384 g/mol. The van der Waals surface area contributed by atoms with E-state index in [-0.39, 0.29) is 17.5 Å². The van der Waals surface area contributed by atoms with E-state index in [1.54, 1.807) is 12.1 Å². The van der Waals surface area contributed by atoms with Gasteiger partial charge in [-0.1, -0.05) is 12.1 Å². The van der Waals surface area contributed by atoms with E-state index in [4.69, 9.17) is 4.74 Å². The number of hydrogen-bond acceptors (Lipinski definition) is 2. The van der Waals surface area contributed by atoms with E-state index in [9.17, 15) is 13.6 Å². The first-order valence-electron chi connectivity index (χ1n) is 8.96. The molecule has 0 saturated carbocycles. The molecule has 2 aromatic carbocycles. The summed E-state index contributed by atoms with van der Waals surface area (Å²) in [5.74, 6) is -0.893. The summed E-state index contributed by atoms with van der Waals surface area (Å²) in [6.07, 6.45) is 3.47. The number of nitrogens with one attached hydrogen (secondary N) is 2. The molecule has 0 atom stereocenters. The van der Waals surface area contributed by atoms with Crippen molar-refractivity contribution in [2.24, 2.45) is 0 Å². The van der Waals surface area contributed by atoms with E-state index >= 15 is 0 Å². The number of aromatic nitrogens is 1. The number of H-pyrrole nitrogens is 1. The summed E-state index contributed by atoms with van der Waals surface area (Å²) in [5.41, 5.74) is 3.94. The first-order valence-corrected chi connectivity index (χ1v) is 8.96. The van der Waals surface area contributed by atoms with Crippen molar-refractivity contribution in [2.75, 3.05) is 13.7 Å². The maximum Gasteiger partial charge on any atom is 0.244 e. The number of ether oxygens (including phenoxy) is 1. The van der Waals surface area contributed by atoms with Crippen molar-refractivity contribution in [3.8, 4) is 5.75 Å². The molecule has 0 radical (unpaired) electrons. The van der Waals surface area contributed by atoms with Gasteiger partial charge >= 0.3 is 0 Å². The Bertz CT molecular complexity index is 1050. The molecule has 0 saturated heterocycles. The molecule has 28 heavy (non-hydrogen) atoms. The Morgan fingerprint density at radius 2 is 1.96 bits per heavy atom. The summed E-state index contributed by atoms with van der Waals surface area (Å²) >= 11 is 0. The fourth-order valence-corrected chi connectivity index (χ4v) is 3.28. The molecule has 0 bridgehead atoms. The largest absolute Gasteiger partial charge is 0.494 e. The Hall–Kier alpha value is -3.15. The van der Waals surface area contributed by atoms with Crippen molar-refractivity contribution >= 4 is 22.9 Å². The van der Waals surface area contributed by atoms with E-state index in [0.717, 1.165) is 22.2 Å². The predicted octanol–water partition coefficient (Wildman–Crippen LogP) is 4.44. The van der Waals surface area contributed by atoms with Crippen molar-refractivity contribution in [3.05, 3.63) is 70.4 Å². The summed E-state index contributed by atoms with van der Waals surface area (Å²) < 4.78 is 32.5. The monoisotopic (exact) mass is 384 g/mol. The predicted molar refractivity (Wildman–Crippen MR) is 106 cm³/mol. The van der Waals surface area contributed by atoms with Crippen LogP contribution >= 0.6 is 0 Å². The van der Waals surface area contributed by atoms with Gasteiger partial charge in [0, 0.05) is 23.7 Å². The fraction of sp³-hybridized carbons (Fsp3) is 0.227. The number of hydrogen-bond donors (Lipinski definition) is 2. The Morgan fingerprint density at radius 3 is 2.68 bits per heavy atom. The van der Waals surface area contributed by atoms with Gasteiger partial charge in [0.25, 0.3) is 0 Å². The van der Waals surface area contributed by atoms with Gasteiger partial charge in [-0.2, -0.15) is 0 Å². The van der Waals surface area contributed by atoms with E-state index in [0.29, 0.717) is 24.0 Å². The van der Waals surface area contributed by atoms with Crippen molar-refractivity contribution in [1.82, 2.24) is 10.3 Å². The third-order valence-corrected chi connectivity index (χ3v) is 4.71. The van der Waals surface area contributed by atoms with Crippen LogP contribution in [0.3, 0.4) is 0 Å². The molecule has 1 heterocycles. The lowest BCUT2D eigenvalue weighted by molar-refractivity contribution is -0.116. The lowest BCUT2D eigenvalue weighted by Crippen LogP contribution is -2.23. The number of rotatable bonds is 6. The maximum atomic E-state index is 14.0. The highest BCUT2D eigenvalue weighted by Gasteiger charge is 2.13. The quantitative estimate of drug-likeness (QED) is 0.617. The SMILES string of the molecule is COc1ccc(/C=C/C(=O)NCCc2c(C)[nH]c3c(F)ccc(C)c23)cc1F. The van der Waals surface area contributed by atoms with Gasteiger partial charge in [-0.25, -0.2) is 8.78 Å². The second-order valence-corrected chi connectivity index (χ2v) is 6.61. The van der Waals surface area contributed by atoms with Gasteiger partial charge in [0.1, 0.15) is 5.82 Å². The van der Waals surface area contributed by atoms with Crippen molar-refractivity contribution in [2.45, 2.75) is 20.3 Å². The molecule has 3 aromatic rings. The van der Waals surface area contributed by atoms with E-state index in [1.165, 1.54) is 37.5 Å². The molecular weight excluding hydrogens is 362 g/mol. The van der Waals surface area contributed by atoms with Gasteiger partial charge in [0.2, 0.25) is 5.91 Å². The number of methoxy groups -OCH3 is 1. The fourth-order valence-electron chi connectivity index (χ4n) is 3.28. The second-order valence-electron chi connectivity index (χ2n) is 6.61.